The highest BCUT2D eigenvalue weighted by molar-refractivity contribution is 7.73. The number of fused-ring (bicyclic) bond motifs is 1. The number of para-hydroxylation sites is 1. The Balaban J connectivity index is 1.63. The summed E-state index contributed by atoms with van der Waals surface area (Å²) in [5, 5.41) is 5.54. The fraction of sp³-hybridized carbons (Fsp3) is 0.357. The van der Waals surface area contributed by atoms with Crippen LogP contribution >= 0.6 is 34.9 Å². The molecule has 1 aliphatic rings. The standard InChI is InChI=1S/C14H14N4S3/c19-14-18(15-8-20-14)9-17-7-3-5-11(17)13-16-10-4-1-2-6-12(10)21-13/h1-2,4,6,8,11H,3,5,7,9H2. The van der Waals surface area contributed by atoms with Crippen LogP contribution in [0.4, 0.5) is 0 Å². The number of hydrogen-bond acceptors (Lipinski definition) is 6. The molecule has 4 rings (SSSR count). The van der Waals surface area contributed by atoms with Gasteiger partial charge in [-0.1, -0.05) is 23.5 Å². The predicted octanol–water partition coefficient (Wildman–Crippen LogP) is 4.08. The molecule has 0 aliphatic carbocycles. The lowest BCUT2D eigenvalue weighted by Gasteiger charge is -2.22. The van der Waals surface area contributed by atoms with Gasteiger partial charge in [0.15, 0.2) is 3.95 Å². The molecule has 108 valence electrons. The van der Waals surface area contributed by atoms with E-state index in [1.807, 2.05) is 27.6 Å². The van der Waals surface area contributed by atoms with Crippen LogP contribution in [0.2, 0.25) is 0 Å². The van der Waals surface area contributed by atoms with Crippen molar-refractivity contribution in [2.45, 2.75) is 25.6 Å². The second-order valence-corrected chi connectivity index (χ2v) is 7.68. The summed E-state index contributed by atoms with van der Waals surface area (Å²) in [4.78, 5) is 7.26. The molecule has 21 heavy (non-hydrogen) atoms. The van der Waals surface area contributed by atoms with Crippen LogP contribution in [-0.2, 0) is 6.67 Å². The Hall–Kier alpha value is -1.15. The fourth-order valence-electron chi connectivity index (χ4n) is 2.81. The fourth-order valence-corrected chi connectivity index (χ4v) is 4.66. The van der Waals surface area contributed by atoms with E-state index in [4.69, 9.17) is 17.2 Å². The molecule has 3 heterocycles. The number of rotatable bonds is 3. The van der Waals surface area contributed by atoms with Gasteiger partial charge in [-0.05, 0) is 37.2 Å². The lowest BCUT2D eigenvalue weighted by molar-refractivity contribution is 0.190. The zero-order valence-electron chi connectivity index (χ0n) is 11.3. The van der Waals surface area contributed by atoms with Gasteiger partial charge in [0.25, 0.3) is 0 Å². The van der Waals surface area contributed by atoms with E-state index < -0.39 is 0 Å². The highest BCUT2D eigenvalue weighted by atomic mass is 32.1. The topological polar surface area (TPSA) is 34.0 Å². The minimum absolute atomic E-state index is 0.394. The van der Waals surface area contributed by atoms with Crippen molar-refractivity contribution in [3.8, 4) is 0 Å². The maximum absolute atomic E-state index is 5.31. The summed E-state index contributed by atoms with van der Waals surface area (Å²) in [6.07, 6.45) is 2.37. The third kappa shape index (κ3) is 2.55. The quantitative estimate of drug-likeness (QED) is 0.676. The Morgan fingerprint density at radius 3 is 3.05 bits per heavy atom. The number of nitrogens with zero attached hydrogens (tertiary/aromatic N) is 4. The molecule has 1 aromatic carbocycles. The molecule has 1 fully saturated rings. The third-order valence-corrected chi connectivity index (χ3v) is 6.07. The summed E-state index contributed by atoms with van der Waals surface area (Å²) in [6.45, 7) is 1.85. The molecule has 0 saturated carbocycles. The van der Waals surface area contributed by atoms with Crippen LogP contribution in [0.5, 0.6) is 0 Å². The third-order valence-electron chi connectivity index (χ3n) is 3.83. The molecular formula is C14H14N4S3. The van der Waals surface area contributed by atoms with Crippen LogP contribution in [0.3, 0.4) is 0 Å². The zero-order valence-corrected chi connectivity index (χ0v) is 13.8. The molecule has 4 nitrogen and oxygen atoms in total. The molecule has 2 aromatic heterocycles. The second-order valence-electron chi connectivity index (χ2n) is 5.14. The first-order chi connectivity index (χ1) is 10.3. The number of thiazole rings is 1. The first kappa shape index (κ1) is 13.5. The van der Waals surface area contributed by atoms with Gasteiger partial charge in [-0.15, -0.1) is 11.3 Å². The van der Waals surface area contributed by atoms with Crippen molar-refractivity contribution in [3.05, 3.63) is 38.7 Å². The molecule has 0 spiro atoms. The average molecular weight is 334 g/mol. The van der Waals surface area contributed by atoms with Crippen molar-refractivity contribution in [3.63, 3.8) is 0 Å². The lowest BCUT2D eigenvalue weighted by Crippen LogP contribution is -2.26. The van der Waals surface area contributed by atoms with E-state index in [9.17, 15) is 0 Å². The van der Waals surface area contributed by atoms with E-state index in [0.717, 1.165) is 29.1 Å². The van der Waals surface area contributed by atoms with Crippen LogP contribution in [0.1, 0.15) is 23.9 Å². The molecule has 3 aromatic rings. The van der Waals surface area contributed by atoms with Crippen molar-refractivity contribution < 1.29 is 0 Å². The second kappa shape index (κ2) is 5.57. The van der Waals surface area contributed by atoms with Crippen LogP contribution in [0, 0.1) is 3.95 Å². The molecule has 1 atom stereocenters. The van der Waals surface area contributed by atoms with E-state index >= 15 is 0 Å². The first-order valence-corrected chi connectivity index (χ1v) is 9.02. The van der Waals surface area contributed by atoms with Crippen LogP contribution in [0.25, 0.3) is 10.2 Å². The van der Waals surface area contributed by atoms with Crippen LogP contribution < -0.4 is 0 Å². The SMILES string of the molecule is S=c1scnn1CN1CCCC1c1nc2ccccc2s1. The molecular weight excluding hydrogens is 320 g/mol. The van der Waals surface area contributed by atoms with E-state index in [1.54, 1.807) is 0 Å². The maximum atomic E-state index is 5.31. The summed E-state index contributed by atoms with van der Waals surface area (Å²) in [7, 11) is 0. The van der Waals surface area contributed by atoms with Crippen molar-refractivity contribution in [2.24, 2.45) is 0 Å². The Bertz CT molecular complexity index is 786. The Morgan fingerprint density at radius 2 is 2.24 bits per heavy atom. The predicted molar refractivity (Wildman–Crippen MR) is 89.2 cm³/mol. The van der Waals surface area contributed by atoms with Crippen molar-refractivity contribution in [1.82, 2.24) is 19.7 Å². The summed E-state index contributed by atoms with van der Waals surface area (Å²) >= 11 is 8.63. The van der Waals surface area contributed by atoms with Crippen molar-refractivity contribution >= 4 is 45.1 Å². The Labute approximate surface area is 135 Å². The van der Waals surface area contributed by atoms with Gasteiger partial charge in [0, 0.05) is 6.54 Å². The van der Waals surface area contributed by atoms with Gasteiger partial charge >= 0.3 is 0 Å². The minimum Gasteiger partial charge on any atom is -0.275 e. The van der Waals surface area contributed by atoms with Gasteiger partial charge in [0.1, 0.15) is 10.5 Å². The molecule has 0 N–H and O–H groups in total. The van der Waals surface area contributed by atoms with Crippen LogP contribution in [-0.4, -0.2) is 26.2 Å². The summed E-state index contributed by atoms with van der Waals surface area (Å²) < 4.78 is 4.01. The molecule has 7 heteroatoms. The van der Waals surface area contributed by atoms with E-state index in [-0.39, 0.29) is 0 Å². The average Bonchev–Trinajstić information content (AvgIpc) is 3.19. The molecule has 1 unspecified atom stereocenters. The van der Waals surface area contributed by atoms with Gasteiger partial charge in [0.05, 0.1) is 22.9 Å². The van der Waals surface area contributed by atoms with Gasteiger partial charge in [-0.25, -0.2) is 9.67 Å². The summed E-state index contributed by atoms with van der Waals surface area (Å²) in [6, 6.07) is 8.75. The van der Waals surface area contributed by atoms with Gasteiger partial charge in [-0.3, -0.25) is 4.90 Å². The molecule has 0 radical (unpaired) electrons. The van der Waals surface area contributed by atoms with Crippen LogP contribution in [0.15, 0.2) is 29.8 Å². The molecule has 1 saturated heterocycles. The van der Waals surface area contributed by atoms with E-state index in [0.29, 0.717) is 6.04 Å². The van der Waals surface area contributed by atoms with E-state index in [1.165, 1.54) is 27.5 Å². The highest BCUT2D eigenvalue weighted by Gasteiger charge is 2.29. The smallest absolute Gasteiger partial charge is 0.180 e. The summed E-state index contributed by atoms with van der Waals surface area (Å²) in [5.41, 5.74) is 2.92. The maximum Gasteiger partial charge on any atom is 0.180 e. The summed E-state index contributed by atoms with van der Waals surface area (Å²) in [5.74, 6) is 0. The minimum atomic E-state index is 0.394. The monoisotopic (exact) mass is 334 g/mol. The number of aromatic nitrogens is 3. The highest BCUT2D eigenvalue weighted by Crippen LogP contribution is 2.36. The van der Waals surface area contributed by atoms with Gasteiger partial charge in [-0.2, -0.15) is 5.10 Å². The molecule has 1 aliphatic heterocycles. The number of benzene rings is 1. The molecule has 0 bridgehead atoms. The lowest BCUT2D eigenvalue weighted by atomic mass is 10.2. The van der Waals surface area contributed by atoms with Gasteiger partial charge < -0.3 is 0 Å². The normalized spacial score (nSPS) is 19.5. The Morgan fingerprint density at radius 1 is 1.33 bits per heavy atom. The first-order valence-electron chi connectivity index (χ1n) is 6.91. The van der Waals surface area contributed by atoms with Gasteiger partial charge in [0.2, 0.25) is 0 Å². The number of hydrogen-bond donors (Lipinski definition) is 0. The van der Waals surface area contributed by atoms with E-state index in [2.05, 4.69) is 28.2 Å². The molecule has 0 amide bonds. The van der Waals surface area contributed by atoms with Crippen molar-refractivity contribution in [2.75, 3.05) is 6.54 Å². The Kier molecular flexibility index (Phi) is 3.58. The van der Waals surface area contributed by atoms with Crippen molar-refractivity contribution in [1.29, 1.82) is 0 Å². The zero-order chi connectivity index (χ0) is 14.2. The largest absolute Gasteiger partial charge is 0.275 e. The number of likely N-dealkylation sites (tertiary alicyclic amines) is 1.